The standard InChI is InChI=1S/C25H29N5O5S/c26-18(10-15-6-2-1-3-7-15)23(32)28-13-22(31)29-20(24(33)30-21(14-36)25(34)35)11-16-12-27-19-9-5-4-8-17(16)19/h1-9,12,18,20-21,27,36H,10-11,13-14,26H2,(H,28,32)(H,29,31)(H,30,33)(H,34,35). The molecule has 0 fully saturated rings. The molecule has 0 saturated heterocycles. The van der Waals surface area contributed by atoms with E-state index in [9.17, 15) is 24.3 Å². The van der Waals surface area contributed by atoms with Gasteiger partial charge in [-0.25, -0.2) is 4.79 Å². The molecule has 7 N–H and O–H groups in total. The summed E-state index contributed by atoms with van der Waals surface area (Å²) in [5.41, 5.74) is 8.46. The molecule has 3 rings (SSSR count). The van der Waals surface area contributed by atoms with Crippen molar-refractivity contribution in [2.24, 2.45) is 5.73 Å². The third-order valence-corrected chi connectivity index (χ3v) is 5.97. The minimum absolute atomic E-state index is 0.0992. The quantitative estimate of drug-likeness (QED) is 0.174. The predicted octanol–water partition coefficient (Wildman–Crippen LogP) is 0.381. The molecule has 11 heteroatoms. The van der Waals surface area contributed by atoms with Crippen molar-refractivity contribution < 1.29 is 24.3 Å². The fourth-order valence-electron chi connectivity index (χ4n) is 3.69. The second-order valence-electron chi connectivity index (χ2n) is 8.28. The van der Waals surface area contributed by atoms with Gasteiger partial charge in [0.2, 0.25) is 17.7 Å². The maximum atomic E-state index is 12.9. The Bertz CT molecular complexity index is 1220. The molecular weight excluding hydrogens is 482 g/mol. The van der Waals surface area contributed by atoms with Crippen LogP contribution in [-0.2, 0) is 32.0 Å². The van der Waals surface area contributed by atoms with Gasteiger partial charge in [-0.15, -0.1) is 0 Å². The second-order valence-corrected chi connectivity index (χ2v) is 8.64. The first-order chi connectivity index (χ1) is 17.3. The smallest absolute Gasteiger partial charge is 0.327 e. The minimum atomic E-state index is -1.24. The number of aliphatic carboxylic acids is 1. The van der Waals surface area contributed by atoms with Gasteiger partial charge in [-0.2, -0.15) is 12.6 Å². The molecule has 10 nitrogen and oxygen atoms in total. The summed E-state index contributed by atoms with van der Waals surface area (Å²) in [4.78, 5) is 52.4. The Balaban J connectivity index is 1.65. The number of benzene rings is 2. The van der Waals surface area contributed by atoms with Crippen LogP contribution in [0, 0.1) is 0 Å². The van der Waals surface area contributed by atoms with E-state index in [0.717, 1.165) is 22.0 Å². The Kier molecular flexibility index (Phi) is 9.48. The van der Waals surface area contributed by atoms with Gasteiger partial charge in [-0.1, -0.05) is 48.5 Å². The van der Waals surface area contributed by atoms with Gasteiger partial charge in [0.05, 0.1) is 12.6 Å². The van der Waals surface area contributed by atoms with E-state index >= 15 is 0 Å². The Morgan fingerprint density at radius 1 is 0.917 bits per heavy atom. The highest BCUT2D eigenvalue weighted by atomic mass is 32.1. The van der Waals surface area contributed by atoms with Crippen LogP contribution in [0.2, 0.25) is 0 Å². The first-order valence-electron chi connectivity index (χ1n) is 11.3. The van der Waals surface area contributed by atoms with E-state index in [1.807, 2.05) is 54.6 Å². The van der Waals surface area contributed by atoms with Crippen molar-refractivity contribution in [2.75, 3.05) is 12.3 Å². The first kappa shape index (κ1) is 26.8. The summed E-state index contributed by atoms with van der Waals surface area (Å²) < 4.78 is 0. The van der Waals surface area contributed by atoms with Gasteiger partial charge in [0.25, 0.3) is 0 Å². The van der Waals surface area contributed by atoms with Crippen LogP contribution in [0.5, 0.6) is 0 Å². The van der Waals surface area contributed by atoms with E-state index in [2.05, 4.69) is 33.6 Å². The van der Waals surface area contributed by atoms with Crippen LogP contribution < -0.4 is 21.7 Å². The number of nitrogens with two attached hydrogens (primary N) is 1. The molecule has 0 aliphatic carbocycles. The van der Waals surface area contributed by atoms with Crippen molar-refractivity contribution in [1.82, 2.24) is 20.9 Å². The van der Waals surface area contributed by atoms with Gasteiger partial charge in [0.15, 0.2) is 0 Å². The number of rotatable bonds is 12. The Hall–Kier alpha value is -3.83. The van der Waals surface area contributed by atoms with E-state index in [4.69, 9.17) is 5.73 Å². The van der Waals surface area contributed by atoms with Crippen molar-refractivity contribution in [3.63, 3.8) is 0 Å². The topological polar surface area (TPSA) is 166 Å². The van der Waals surface area contributed by atoms with Gasteiger partial charge >= 0.3 is 5.97 Å². The zero-order valence-electron chi connectivity index (χ0n) is 19.4. The molecule has 2 aromatic carbocycles. The Morgan fingerprint density at radius 3 is 2.31 bits per heavy atom. The molecular formula is C25H29N5O5S. The SMILES string of the molecule is NC(Cc1ccccc1)C(=O)NCC(=O)NC(Cc1c[nH]c2ccccc12)C(=O)NC(CS)C(=O)O. The van der Waals surface area contributed by atoms with Crippen molar-refractivity contribution in [3.05, 3.63) is 71.9 Å². The molecule has 3 amide bonds. The maximum absolute atomic E-state index is 12.9. The molecule has 190 valence electrons. The van der Waals surface area contributed by atoms with Gasteiger partial charge in [-0.05, 0) is 23.6 Å². The van der Waals surface area contributed by atoms with Gasteiger partial charge in [0.1, 0.15) is 12.1 Å². The molecule has 0 aliphatic heterocycles. The van der Waals surface area contributed by atoms with Crippen LogP contribution in [0.25, 0.3) is 10.9 Å². The number of hydrogen-bond donors (Lipinski definition) is 7. The van der Waals surface area contributed by atoms with Gasteiger partial charge in [-0.3, -0.25) is 14.4 Å². The van der Waals surface area contributed by atoms with Crippen molar-refractivity contribution >= 4 is 47.2 Å². The molecule has 0 saturated carbocycles. The lowest BCUT2D eigenvalue weighted by molar-refractivity contribution is -0.141. The number of hydrogen-bond acceptors (Lipinski definition) is 6. The van der Waals surface area contributed by atoms with Crippen molar-refractivity contribution in [3.8, 4) is 0 Å². The van der Waals surface area contributed by atoms with Gasteiger partial charge < -0.3 is 31.8 Å². The number of nitrogens with one attached hydrogen (secondary N) is 4. The average molecular weight is 512 g/mol. The summed E-state index contributed by atoms with van der Waals surface area (Å²) in [6, 6.07) is 13.5. The molecule has 0 spiro atoms. The van der Waals surface area contributed by atoms with E-state index in [0.29, 0.717) is 6.42 Å². The molecule has 0 radical (unpaired) electrons. The predicted molar refractivity (Wildman–Crippen MR) is 138 cm³/mol. The molecule has 3 unspecified atom stereocenters. The number of aromatic amines is 1. The summed E-state index contributed by atoms with van der Waals surface area (Å²) in [5, 5.41) is 17.6. The fourth-order valence-corrected chi connectivity index (χ4v) is 3.94. The fraction of sp³-hybridized carbons (Fsp3) is 0.280. The molecule has 36 heavy (non-hydrogen) atoms. The summed E-state index contributed by atoms with van der Waals surface area (Å²) in [6.07, 6.45) is 2.14. The van der Waals surface area contributed by atoms with E-state index in [1.54, 1.807) is 6.20 Å². The van der Waals surface area contributed by atoms with Crippen molar-refractivity contribution in [1.29, 1.82) is 0 Å². The first-order valence-corrected chi connectivity index (χ1v) is 12.0. The Labute approximate surface area is 213 Å². The summed E-state index contributed by atoms with van der Waals surface area (Å²) in [5.74, 6) is -3.16. The third-order valence-electron chi connectivity index (χ3n) is 5.61. The number of amides is 3. The van der Waals surface area contributed by atoms with E-state index < -0.39 is 48.4 Å². The lowest BCUT2D eigenvalue weighted by Crippen LogP contribution is -2.55. The lowest BCUT2D eigenvalue weighted by Gasteiger charge is -2.21. The highest BCUT2D eigenvalue weighted by molar-refractivity contribution is 7.80. The largest absolute Gasteiger partial charge is 0.480 e. The zero-order valence-corrected chi connectivity index (χ0v) is 20.3. The zero-order chi connectivity index (χ0) is 26.1. The van der Waals surface area contributed by atoms with Crippen LogP contribution in [0.4, 0.5) is 0 Å². The summed E-state index contributed by atoms with van der Waals surface area (Å²) >= 11 is 3.97. The van der Waals surface area contributed by atoms with Crippen LogP contribution in [0.15, 0.2) is 60.8 Å². The summed E-state index contributed by atoms with van der Waals surface area (Å²) in [7, 11) is 0. The number of carbonyl (C=O) groups excluding carboxylic acids is 3. The number of carboxylic acid groups (broad SMARTS) is 1. The maximum Gasteiger partial charge on any atom is 0.327 e. The third kappa shape index (κ3) is 7.33. The number of fused-ring (bicyclic) bond motifs is 1. The molecule has 1 heterocycles. The van der Waals surface area contributed by atoms with E-state index in [1.165, 1.54) is 0 Å². The van der Waals surface area contributed by atoms with Crippen LogP contribution in [-0.4, -0.2) is 64.2 Å². The van der Waals surface area contributed by atoms with Crippen molar-refractivity contribution in [2.45, 2.75) is 31.0 Å². The molecule has 1 aromatic heterocycles. The molecule has 0 aliphatic rings. The number of H-pyrrole nitrogens is 1. The minimum Gasteiger partial charge on any atom is -0.480 e. The number of carbonyl (C=O) groups is 4. The summed E-state index contributed by atoms with van der Waals surface area (Å²) in [6.45, 7) is -0.395. The average Bonchev–Trinajstić information content (AvgIpc) is 3.28. The number of para-hydroxylation sites is 1. The highest BCUT2D eigenvalue weighted by Crippen LogP contribution is 2.19. The molecule has 0 bridgehead atoms. The van der Waals surface area contributed by atoms with Crippen LogP contribution in [0.3, 0.4) is 0 Å². The number of aromatic nitrogens is 1. The molecule has 3 aromatic rings. The van der Waals surface area contributed by atoms with E-state index in [-0.39, 0.29) is 12.2 Å². The highest BCUT2D eigenvalue weighted by Gasteiger charge is 2.27. The monoisotopic (exact) mass is 511 g/mol. The number of carboxylic acids is 1. The van der Waals surface area contributed by atoms with Crippen LogP contribution >= 0.6 is 12.6 Å². The van der Waals surface area contributed by atoms with Crippen LogP contribution in [0.1, 0.15) is 11.1 Å². The molecule has 3 atom stereocenters. The number of thiol groups is 1. The lowest BCUT2D eigenvalue weighted by atomic mass is 10.0. The normalized spacial score (nSPS) is 13.4. The second kappa shape index (κ2) is 12.8. The van der Waals surface area contributed by atoms with Gasteiger partial charge in [0, 0.05) is 29.3 Å². The Morgan fingerprint density at radius 2 is 1.61 bits per heavy atom.